The van der Waals surface area contributed by atoms with Gasteiger partial charge in [0.1, 0.15) is 11.5 Å². The highest BCUT2D eigenvalue weighted by Crippen LogP contribution is 2.65. The van der Waals surface area contributed by atoms with E-state index in [1.165, 1.54) is 30.2 Å². The molecule has 2 aromatic rings. The van der Waals surface area contributed by atoms with Gasteiger partial charge in [-0.3, -0.25) is 9.79 Å². The minimum absolute atomic E-state index is 0.0461. The third-order valence-corrected chi connectivity index (χ3v) is 7.18. The van der Waals surface area contributed by atoms with Crippen LogP contribution in [0.5, 0.6) is 5.88 Å². The van der Waals surface area contributed by atoms with Gasteiger partial charge in [-0.1, -0.05) is 23.7 Å². The van der Waals surface area contributed by atoms with E-state index in [4.69, 9.17) is 21.6 Å². The van der Waals surface area contributed by atoms with Crippen molar-refractivity contribution in [3.05, 3.63) is 53.2 Å². The van der Waals surface area contributed by atoms with Crippen molar-refractivity contribution in [2.45, 2.75) is 30.1 Å². The number of fused-ring (bicyclic) bond motifs is 1. The molecule has 0 saturated heterocycles. The van der Waals surface area contributed by atoms with E-state index >= 15 is 0 Å². The molecule has 2 heterocycles. The lowest BCUT2D eigenvalue weighted by Crippen LogP contribution is -2.37. The van der Waals surface area contributed by atoms with Gasteiger partial charge in [0.2, 0.25) is 5.88 Å². The SMILES string of the molecule is C#CCOc1cnc(C(=O)Cc2ccc(F)c([C@@]3(C)N=C(N)S[C@@]4(COC)C[C@H]43)c2)cn1. The fourth-order valence-electron chi connectivity index (χ4n) is 4.33. The van der Waals surface area contributed by atoms with Crippen molar-refractivity contribution < 1.29 is 18.7 Å². The minimum Gasteiger partial charge on any atom is -0.463 e. The molecule has 1 saturated carbocycles. The van der Waals surface area contributed by atoms with Crippen molar-refractivity contribution in [1.29, 1.82) is 0 Å². The van der Waals surface area contributed by atoms with Gasteiger partial charge in [0, 0.05) is 25.0 Å². The van der Waals surface area contributed by atoms with Crippen LogP contribution in [0.4, 0.5) is 4.39 Å². The summed E-state index contributed by atoms with van der Waals surface area (Å²) in [5.74, 6) is 2.05. The third kappa shape index (κ3) is 4.08. The molecule has 1 aliphatic heterocycles. The molecule has 1 aromatic carbocycles. The van der Waals surface area contributed by atoms with E-state index < -0.39 is 5.54 Å². The molecular weight excluding hydrogens is 431 g/mol. The summed E-state index contributed by atoms with van der Waals surface area (Å²) in [6.45, 7) is 2.48. The van der Waals surface area contributed by atoms with Crippen LogP contribution in [-0.2, 0) is 16.7 Å². The Morgan fingerprint density at radius 1 is 1.41 bits per heavy atom. The zero-order chi connectivity index (χ0) is 22.9. The Morgan fingerprint density at radius 2 is 2.22 bits per heavy atom. The number of ketones is 1. The van der Waals surface area contributed by atoms with E-state index in [0.29, 0.717) is 22.9 Å². The predicted molar refractivity (Wildman–Crippen MR) is 120 cm³/mol. The number of ether oxygens (including phenoxy) is 2. The van der Waals surface area contributed by atoms with Crippen LogP contribution >= 0.6 is 11.8 Å². The van der Waals surface area contributed by atoms with Crippen molar-refractivity contribution in [3.63, 3.8) is 0 Å². The van der Waals surface area contributed by atoms with Gasteiger partial charge in [-0.15, -0.1) is 6.42 Å². The first-order chi connectivity index (χ1) is 15.3. The number of carbonyl (C=O) groups excluding carboxylic acids is 1. The molecular formula is C23H23FN4O3S. The first kappa shape index (κ1) is 22.2. The first-order valence-electron chi connectivity index (χ1n) is 10.0. The number of nitrogens with two attached hydrogens (primary N) is 1. The minimum atomic E-state index is -0.827. The van der Waals surface area contributed by atoms with E-state index in [0.717, 1.165) is 6.42 Å². The normalized spacial score (nSPS) is 25.9. The topological polar surface area (TPSA) is 99.7 Å². The van der Waals surface area contributed by atoms with Gasteiger partial charge in [0.05, 0.1) is 29.3 Å². The fraction of sp³-hybridized carbons (Fsp3) is 0.391. The van der Waals surface area contributed by atoms with E-state index in [1.807, 2.05) is 6.92 Å². The number of rotatable bonds is 8. The number of thioether (sulfide) groups is 1. The lowest BCUT2D eigenvalue weighted by Gasteiger charge is -2.34. The van der Waals surface area contributed by atoms with Crippen molar-refractivity contribution in [1.82, 2.24) is 9.97 Å². The van der Waals surface area contributed by atoms with Crippen LogP contribution in [0.2, 0.25) is 0 Å². The largest absolute Gasteiger partial charge is 0.463 e. The lowest BCUT2D eigenvalue weighted by molar-refractivity contribution is 0.0987. The molecule has 32 heavy (non-hydrogen) atoms. The molecule has 7 nitrogen and oxygen atoms in total. The highest BCUT2D eigenvalue weighted by molar-refractivity contribution is 8.15. The molecule has 1 aromatic heterocycles. The maximum atomic E-state index is 15.0. The molecule has 9 heteroatoms. The maximum absolute atomic E-state index is 15.0. The molecule has 4 rings (SSSR count). The Balaban J connectivity index is 1.56. The highest BCUT2D eigenvalue weighted by atomic mass is 32.2. The van der Waals surface area contributed by atoms with Crippen LogP contribution in [0.1, 0.15) is 35.0 Å². The Hall–Kier alpha value is -2.96. The fourth-order valence-corrected chi connectivity index (χ4v) is 5.78. The zero-order valence-corrected chi connectivity index (χ0v) is 18.6. The molecule has 2 aliphatic rings. The first-order valence-corrected chi connectivity index (χ1v) is 10.9. The van der Waals surface area contributed by atoms with Gasteiger partial charge in [-0.25, -0.2) is 14.4 Å². The summed E-state index contributed by atoms with van der Waals surface area (Å²) >= 11 is 1.50. The second-order valence-electron chi connectivity index (χ2n) is 8.10. The van der Waals surface area contributed by atoms with Gasteiger partial charge < -0.3 is 15.2 Å². The summed E-state index contributed by atoms with van der Waals surface area (Å²) in [5.41, 5.74) is 6.56. The van der Waals surface area contributed by atoms with Crippen LogP contribution in [0.3, 0.4) is 0 Å². The molecule has 166 valence electrons. The molecule has 1 fully saturated rings. The summed E-state index contributed by atoms with van der Waals surface area (Å²) in [6.07, 6.45) is 8.71. The summed E-state index contributed by atoms with van der Waals surface area (Å²) in [6, 6.07) is 4.67. The van der Waals surface area contributed by atoms with E-state index in [-0.39, 0.29) is 46.9 Å². The van der Waals surface area contributed by atoms with Crippen LogP contribution in [0.25, 0.3) is 0 Å². The van der Waals surface area contributed by atoms with Crippen LogP contribution in [-0.4, -0.2) is 46.0 Å². The van der Waals surface area contributed by atoms with Crippen LogP contribution in [0, 0.1) is 24.1 Å². The number of nitrogens with zero attached hydrogens (tertiary/aromatic N) is 3. The number of halogens is 1. The van der Waals surface area contributed by atoms with Crippen molar-refractivity contribution in [2.24, 2.45) is 16.6 Å². The smallest absolute Gasteiger partial charge is 0.233 e. The van der Waals surface area contributed by atoms with Gasteiger partial charge >= 0.3 is 0 Å². The number of Topliss-reactive ketones (excluding diaryl/α,β-unsaturated/α-hetero) is 1. The second-order valence-corrected chi connectivity index (χ2v) is 9.54. The molecule has 0 bridgehead atoms. The highest BCUT2D eigenvalue weighted by Gasteiger charge is 2.66. The number of hydrogen-bond acceptors (Lipinski definition) is 8. The average molecular weight is 455 g/mol. The van der Waals surface area contributed by atoms with E-state index in [2.05, 4.69) is 20.9 Å². The number of benzene rings is 1. The zero-order valence-electron chi connectivity index (χ0n) is 17.8. The van der Waals surface area contributed by atoms with Gasteiger partial charge in [-0.05, 0) is 31.0 Å². The predicted octanol–water partition coefficient (Wildman–Crippen LogP) is 2.73. The Kier molecular flexibility index (Phi) is 5.93. The second kappa shape index (κ2) is 8.52. The van der Waals surface area contributed by atoms with E-state index in [1.54, 1.807) is 19.2 Å². The standard InChI is InChI=1S/C23H23FN4O3S/c1-4-7-31-20-12-26-17(11-27-20)18(29)9-14-5-6-16(24)15(8-14)22(2)19-10-23(19,13-30-3)32-21(25)28-22/h1,5-6,8,11-12,19H,7,9-10,13H2,2-3H3,(H2,25,28)/t19-,22+,23+/m0/s1. The third-order valence-electron chi connectivity index (χ3n) is 5.90. The van der Waals surface area contributed by atoms with Crippen molar-refractivity contribution in [2.75, 3.05) is 20.3 Å². The van der Waals surface area contributed by atoms with Crippen LogP contribution in [0.15, 0.2) is 35.6 Å². The van der Waals surface area contributed by atoms with Gasteiger partial charge in [0.15, 0.2) is 17.6 Å². The monoisotopic (exact) mass is 454 g/mol. The number of hydrogen-bond donors (Lipinski definition) is 1. The average Bonchev–Trinajstić information content (AvgIpc) is 3.49. The quantitative estimate of drug-likeness (QED) is 0.484. The number of amidine groups is 1. The van der Waals surface area contributed by atoms with Crippen molar-refractivity contribution in [3.8, 4) is 18.2 Å². The number of aliphatic imine (C=N–C) groups is 1. The molecule has 0 radical (unpaired) electrons. The summed E-state index contributed by atoms with van der Waals surface area (Å²) in [7, 11) is 1.65. The lowest BCUT2D eigenvalue weighted by atomic mass is 9.84. The Bertz CT molecular complexity index is 1120. The number of carbonyl (C=O) groups is 1. The molecule has 0 amide bonds. The maximum Gasteiger partial charge on any atom is 0.233 e. The molecule has 0 spiro atoms. The Labute approximate surface area is 190 Å². The summed E-state index contributed by atoms with van der Waals surface area (Å²) < 4.78 is 25.3. The van der Waals surface area contributed by atoms with Crippen LogP contribution < -0.4 is 10.5 Å². The molecule has 0 unspecified atom stereocenters. The van der Waals surface area contributed by atoms with Gasteiger partial charge in [-0.2, -0.15) is 0 Å². The van der Waals surface area contributed by atoms with Gasteiger partial charge in [0.25, 0.3) is 0 Å². The molecule has 3 atom stereocenters. The number of terminal acetylenes is 1. The summed E-state index contributed by atoms with van der Waals surface area (Å²) in [4.78, 5) is 25.5. The van der Waals surface area contributed by atoms with Crippen molar-refractivity contribution >= 4 is 22.7 Å². The molecule has 1 aliphatic carbocycles. The number of methoxy groups -OCH3 is 1. The molecule has 2 N–H and O–H groups in total. The Morgan fingerprint density at radius 3 is 2.91 bits per heavy atom. The van der Waals surface area contributed by atoms with E-state index in [9.17, 15) is 9.18 Å². The summed E-state index contributed by atoms with van der Waals surface area (Å²) in [5, 5.41) is 0.418. The number of aromatic nitrogens is 2.